The van der Waals surface area contributed by atoms with Crippen molar-refractivity contribution in [1.82, 2.24) is 4.98 Å². The molecule has 0 amide bonds. The van der Waals surface area contributed by atoms with Gasteiger partial charge >= 0.3 is 5.97 Å². The molecule has 23 heavy (non-hydrogen) atoms. The highest BCUT2D eigenvalue weighted by Crippen LogP contribution is 2.18. The predicted molar refractivity (Wildman–Crippen MR) is 86.8 cm³/mol. The topological polar surface area (TPSA) is 119 Å². The maximum Gasteiger partial charge on any atom is 0.320 e. The van der Waals surface area contributed by atoms with Crippen molar-refractivity contribution in [1.29, 1.82) is 0 Å². The normalized spacial score (nSPS) is 11.3. The number of rotatable bonds is 4. The molecule has 2 rings (SSSR count). The Morgan fingerprint density at radius 3 is 2.17 bits per heavy atom. The Kier molecular flexibility index (Phi) is 6.82. The van der Waals surface area contributed by atoms with Gasteiger partial charge in [-0.3, -0.25) is 14.9 Å². The molecule has 2 aromatic rings. The van der Waals surface area contributed by atoms with E-state index in [2.05, 4.69) is 4.98 Å². The van der Waals surface area contributed by atoms with Crippen LogP contribution in [0.25, 0.3) is 11.3 Å². The molecule has 0 unspecified atom stereocenters. The molecule has 0 saturated heterocycles. The van der Waals surface area contributed by atoms with Gasteiger partial charge in [0.25, 0.3) is 5.69 Å². The molecule has 0 spiro atoms. The lowest BCUT2D eigenvalue weighted by Gasteiger charge is -2.07. The van der Waals surface area contributed by atoms with Crippen molar-refractivity contribution in [3.8, 4) is 11.3 Å². The summed E-state index contributed by atoms with van der Waals surface area (Å²) in [5.74, 6) is -0.910. The largest absolute Gasteiger partial charge is 0.480 e. The first-order valence-electron chi connectivity index (χ1n) is 6.97. The molecule has 1 aromatic heterocycles. The number of carboxylic acids is 1. The van der Waals surface area contributed by atoms with Gasteiger partial charge in [0, 0.05) is 11.6 Å². The van der Waals surface area contributed by atoms with Crippen LogP contribution in [0.15, 0.2) is 48.7 Å². The summed E-state index contributed by atoms with van der Waals surface area (Å²) in [7, 11) is 0. The van der Waals surface area contributed by atoms with Crippen LogP contribution in [0.4, 0.5) is 5.69 Å². The maximum atomic E-state index is 10.4. The third-order valence-electron chi connectivity index (χ3n) is 3.03. The SMILES string of the molecule is CC(C)[C@H](N)C(=O)O.O=[N+]([O-])c1ccc(-c2ccccc2)nc1. The summed E-state index contributed by atoms with van der Waals surface area (Å²) in [6.45, 7) is 3.55. The van der Waals surface area contributed by atoms with Crippen LogP contribution in [0, 0.1) is 16.0 Å². The summed E-state index contributed by atoms with van der Waals surface area (Å²) in [5, 5.41) is 18.6. The Labute approximate surface area is 133 Å². The molecule has 0 radical (unpaired) electrons. The predicted octanol–water partition coefficient (Wildman–Crippen LogP) is 2.71. The summed E-state index contributed by atoms with van der Waals surface area (Å²) in [6, 6.07) is 11.9. The number of hydrogen-bond acceptors (Lipinski definition) is 5. The van der Waals surface area contributed by atoms with E-state index in [1.54, 1.807) is 19.9 Å². The smallest absolute Gasteiger partial charge is 0.320 e. The van der Waals surface area contributed by atoms with E-state index in [1.807, 2.05) is 30.3 Å². The highest BCUT2D eigenvalue weighted by atomic mass is 16.6. The van der Waals surface area contributed by atoms with Crippen LogP contribution in [0.5, 0.6) is 0 Å². The minimum Gasteiger partial charge on any atom is -0.480 e. The van der Waals surface area contributed by atoms with Gasteiger partial charge < -0.3 is 10.8 Å². The van der Waals surface area contributed by atoms with E-state index in [0.29, 0.717) is 0 Å². The van der Waals surface area contributed by atoms with Crippen molar-refractivity contribution >= 4 is 11.7 Å². The second-order valence-corrected chi connectivity index (χ2v) is 5.13. The number of carboxylic acid groups (broad SMARTS) is 1. The Morgan fingerprint density at radius 1 is 1.22 bits per heavy atom. The fraction of sp³-hybridized carbons (Fsp3) is 0.250. The summed E-state index contributed by atoms with van der Waals surface area (Å²) >= 11 is 0. The van der Waals surface area contributed by atoms with Crippen LogP contribution in [0.1, 0.15) is 13.8 Å². The van der Waals surface area contributed by atoms with Gasteiger partial charge in [-0.1, -0.05) is 44.2 Å². The van der Waals surface area contributed by atoms with E-state index < -0.39 is 16.9 Å². The molecule has 1 atom stereocenters. The van der Waals surface area contributed by atoms with Crippen molar-refractivity contribution < 1.29 is 14.8 Å². The molecule has 1 heterocycles. The van der Waals surface area contributed by atoms with E-state index >= 15 is 0 Å². The van der Waals surface area contributed by atoms with Crippen LogP contribution in [0.3, 0.4) is 0 Å². The van der Waals surface area contributed by atoms with E-state index in [9.17, 15) is 14.9 Å². The van der Waals surface area contributed by atoms with Crippen LogP contribution >= 0.6 is 0 Å². The number of aromatic nitrogens is 1. The molecule has 7 heteroatoms. The molecule has 0 aliphatic rings. The molecule has 1 aromatic carbocycles. The molecule has 0 aliphatic carbocycles. The zero-order valence-electron chi connectivity index (χ0n) is 12.9. The molecule has 0 fully saturated rings. The van der Waals surface area contributed by atoms with Crippen molar-refractivity contribution in [2.75, 3.05) is 0 Å². The Bertz CT molecular complexity index is 642. The summed E-state index contributed by atoms with van der Waals surface area (Å²) in [6.07, 6.45) is 1.27. The molecule has 7 nitrogen and oxygen atoms in total. The standard InChI is InChI=1S/C11H8N2O2.C5H11NO2/c14-13(15)10-6-7-11(12-8-10)9-4-2-1-3-5-9;1-3(2)4(6)5(7)8/h1-8H;3-4H,6H2,1-2H3,(H,7,8)/t;4-/m.0/s1. The number of nitrogens with zero attached hydrogens (tertiary/aromatic N) is 2. The zero-order valence-corrected chi connectivity index (χ0v) is 12.9. The van der Waals surface area contributed by atoms with Crippen molar-refractivity contribution in [2.24, 2.45) is 11.7 Å². The number of nitro groups is 1. The summed E-state index contributed by atoms with van der Waals surface area (Å²) in [4.78, 5) is 24.0. The molecule has 122 valence electrons. The second kappa shape index (κ2) is 8.60. The number of pyridine rings is 1. The van der Waals surface area contributed by atoms with Gasteiger partial charge in [-0.25, -0.2) is 4.98 Å². The van der Waals surface area contributed by atoms with Gasteiger partial charge in [0.15, 0.2) is 0 Å². The number of carbonyl (C=O) groups is 1. The third-order valence-corrected chi connectivity index (χ3v) is 3.03. The van der Waals surface area contributed by atoms with Gasteiger partial charge in [-0.2, -0.15) is 0 Å². The van der Waals surface area contributed by atoms with Gasteiger partial charge in [-0.15, -0.1) is 0 Å². The van der Waals surface area contributed by atoms with Crippen LogP contribution in [0.2, 0.25) is 0 Å². The first-order chi connectivity index (χ1) is 10.8. The number of hydrogen-bond donors (Lipinski definition) is 2. The number of nitrogens with two attached hydrogens (primary N) is 1. The average Bonchev–Trinajstić information content (AvgIpc) is 2.55. The van der Waals surface area contributed by atoms with Crippen LogP contribution in [-0.4, -0.2) is 27.0 Å². The lowest BCUT2D eigenvalue weighted by Crippen LogP contribution is -2.34. The fourth-order valence-electron chi connectivity index (χ4n) is 1.56. The highest BCUT2D eigenvalue weighted by molar-refractivity contribution is 5.73. The second-order valence-electron chi connectivity index (χ2n) is 5.13. The highest BCUT2D eigenvalue weighted by Gasteiger charge is 2.14. The van der Waals surface area contributed by atoms with E-state index in [4.69, 9.17) is 10.8 Å². The van der Waals surface area contributed by atoms with Crippen molar-refractivity contribution in [2.45, 2.75) is 19.9 Å². The molecule has 0 saturated carbocycles. The molecule has 0 bridgehead atoms. The lowest BCUT2D eigenvalue weighted by atomic mass is 10.1. The van der Waals surface area contributed by atoms with Crippen molar-refractivity contribution in [3.63, 3.8) is 0 Å². The molecule has 0 aliphatic heterocycles. The summed E-state index contributed by atoms with van der Waals surface area (Å²) in [5.41, 5.74) is 6.86. The average molecular weight is 317 g/mol. The number of aliphatic carboxylic acids is 1. The van der Waals surface area contributed by atoms with E-state index in [-0.39, 0.29) is 11.6 Å². The van der Waals surface area contributed by atoms with E-state index in [1.165, 1.54) is 12.3 Å². The monoisotopic (exact) mass is 317 g/mol. The van der Waals surface area contributed by atoms with E-state index in [0.717, 1.165) is 11.3 Å². The van der Waals surface area contributed by atoms with Crippen LogP contribution < -0.4 is 5.73 Å². The lowest BCUT2D eigenvalue weighted by molar-refractivity contribution is -0.385. The van der Waals surface area contributed by atoms with Gasteiger partial charge in [-0.05, 0) is 12.0 Å². The van der Waals surface area contributed by atoms with Gasteiger partial charge in [0.1, 0.15) is 12.2 Å². The Balaban J connectivity index is 0.000000284. The minimum absolute atomic E-state index is 0.00896. The van der Waals surface area contributed by atoms with Crippen molar-refractivity contribution in [3.05, 3.63) is 58.8 Å². The van der Waals surface area contributed by atoms with Gasteiger partial charge in [0.05, 0.1) is 10.6 Å². The number of benzene rings is 1. The van der Waals surface area contributed by atoms with Crippen LogP contribution in [-0.2, 0) is 4.79 Å². The zero-order chi connectivity index (χ0) is 17.4. The first-order valence-corrected chi connectivity index (χ1v) is 6.97. The molecular weight excluding hydrogens is 298 g/mol. The Morgan fingerprint density at radius 2 is 1.83 bits per heavy atom. The Hall–Kier alpha value is -2.80. The third kappa shape index (κ3) is 5.84. The quantitative estimate of drug-likeness (QED) is 0.661. The maximum absolute atomic E-state index is 10.4. The minimum atomic E-state index is -0.931. The fourth-order valence-corrected chi connectivity index (χ4v) is 1.56. The summed E-state index contributed by atoms with van der Waals surface area (Å²) < 4.78 is 0. The molecule has 3 N–H and O–H groups in total. The first kappa shape index (κ1) is 18.2. The molecular formula is C16H19N3O4. The van der Waals surface area contributed by atoms with Gasteiger partial charge in [0.2, 0.25) is 0 Å².